The molecule has 39 heavy (non-hydrogen) atoms. The van der Waals surface area contributed by atoms with Gasteiger partial charge in [0.1, 0.15) is 0 Å². The van der Waals surface area contributed by atoms with Gasteiger partial charge in [-0.15, -0.1) is 0 Å². The molecule has 1 aliphatic carbocycles. The predicted molar refractivity (Wildman–Crippen MR) is 181 cm³/mol. The largest absolute Gasteiger partial charge is 0.414 e. The highest BCUT2D eigenvalue weighted by atomic mass is 28.4. The Morgan fingerprint density at radius 2 is 1.15 bits per heavy atom. The van der Waals surface area contributed by atoms with Gasteiger partial charge in [-0.2, -0.15) is 0 Å². The summed E-state index contributed by atoms with van der Waals surface area (Å²) < 4.78 is 13.5. The Balaban J connectivity index is 2.25. The van der Waals surface area contributed by atoms with Gasteiger partial charge in [-0.3, -0.25) is 0 Å². The Bertz CT molecular complexity index is 657. The fourth-order valence-corrected chi connectivity index (χ4v) is 7.44. The van der Waals surface area contributed by atoms with Gasteiger partial charge in [-0.1, -0.05) is 131 Å². The zero-order valence-corrected chi connectivity index (χ0v) is 30.7. The zero-order valence-electron chi connectivity index (χ0n) is 28.7. The van der Waals surface area contributed by atoms with E-state index in [0.29, 0.717) is 0 Å². The molecule has 4 heteroatoms. The monoisotopic (exact) mass is 581 g/mol. The Morgan fingerprint density at radius 3 is 1.69 bits per heavy atom. The second kappa shape index (κ2) is 17.9. The van der Waals surface area contributed by atoms with Crippen LogP contribution >= 0.6 is 0 Å². The van der Waals surface area contributed by atoms with Crippen molar-refractivity contribution in [2.24, 2.45) is 11.8 Å². The number of allylic oxidation sites excluding steroid dienone is 2. The maximum atomic E-state index is 6.86. The molecule has 0 aromatic rings. The third-order valence-electron chi connectivity index (χ3n) is 10.2. The summed E-state index contributed by atoms with van der Waals surface area (Å²) in [6.07, 6.45) is 27.4. The van der Waals surface area contributed by atoms with Crippen LogP contribution in [0.2, 0.25) is 36.3 Å². The molecule has 232 valence electrons. The lowest BCUT2D eigenvalue weighted by Crippen LogP contribution is -2.47. The highest BCUT2D eigenvalue weighted by Gasteiger charge is 2.41. The van der Waals surface area contributed by atoms with Crippen molar-refractivity contribution in [1.82, 2.24) is 0 Å². The van der Waals surface area contributed by atoms with Crippen LogP contribution in [-0.2, 0) is 8.85 Å². The Morgan fingerprint density at radius 1 is 0.667 bits per heavy atom. The molecule has 0 N–H and O–H groups in total. The molecule has 1 aliphatic rings. The molecular formula is C35H72O2Si2. The summed E-state index contributed by atoms with van der Waals surface area (Å²) in [5.41, 5.74) is 0. The molecule has 0 heterocycles. The van der Waals surface area contributed by atoms with Crippen LogP contribution in [0, 0.1) is 11.8 Å². The quantitative estimate of drug-likeness (QED) is 0.0720. The van der Waals surface area contributed by atoms with Crippen molar-refractivity contribution < 1.29 is 8.85 Å². The van der Waals surface area contributed by atoms with Crippen LogP contribution in [0.4, 0.5) is 0 Å². The molecule has 0 unspecified atom stereocenters. The van der Waals surface area contributed by atoms with Crippen LogP contribution in [0.5, 0.6) is 0 Å². The van der Waals surface area contributed by atoms with Crippen LogP contribution in [0.25, 0.3) is 0 Å². The fraction of sp³-hybridized carbons (Fsp3) is 0.943. The molecule has 3 atom stereocenters. The van der Waals surface area contributed by atoms with Crippen molar-refractivity contribution in [3.8, 4) is 0 Å². The van der Waals surface area contributed by atoms with Gasteiger partial charge in [0.05, 0.1) is 12.7 Å². The second-order valence-corrected chi connectivity index (χ2v) is 25.5. The van der Waals surface area contributed by atoms with Crippen molar-refractivity contribution in [3.63, 3.8) is 0 Å². The van der Waals surface area contributed by atoms with Crippen molar-refractivity contribution in [2.45, 2.75) is 194 Å². The number of hydrogen-bond donors (Lipinski definition) is 0. The third-order valence-corrected chi connectivity index (χ3v) is 19.3. The average Bonchev–Trinajstić information content (AvgIpc) is 3.57. The molecule has 0 aromatic carbocycles. The molecule has 0 aromatic heterocycles. The van der Waals surface area contributed by atoms with E-state index < -0.39 is 16.6 Å². The molecule has 1 rings (SSSR count). The summed E-state index contributed by atoms with van der Waals surface area (Å²) in [6, 6.07) is 0. The van der Waals surface area contributed by atoms with E-state index in [1.54, 1.807) is 0 Å². The summed E-state index contributed by atoms with van der Waals surface area (Å²) in [7, 11) is -3.58. The Kier molecular flexibility index (Phi) is 17.0. The van der Waals surface area contributed by atoms with Crippen LogP contribution < -0.4 is 0 Å². The molecule has 0 spiro atoms. The SMILES string of the molecule is CCCCCCCCCC[C@H]1C[C@H]1CCCC/C=C\CC[C@H](CO[Si](C)(C)C(C)(C)C)O[Si](C)(C)C(C)(C)C. The highest BCUT2D eigenvalue weighted by Crippen LogP contribution is 2.46. The average molecular weight is 581 g/mol. The normalized spacial score (nSPS) is 19.7. The van der Waals surface area contributed by atoms with Crippen molar-refractivity contribution >= 4 is 16.6 Å². The predicted octanol–water partition coefficient (Wildman–Crippen LogP) is 12.5. The lowest BCUT2D eigenvalue weighted by Gasteiger charge is -2.41. The van der Waals surface area contributed by atoms with Crippen LogP contribution in [0.1, 0.15) is 151 Å². The summed E-state index contributed by atoms with van der Waals surface area (Å²) >= 11 is 0. The maximum Gasteiger partial charge on any atom is 0.192 e. The van der Waals surface area contributed by atoms with E-state index in [-0.39, 0.29) is 16.2 Å². The first-order valence-electron chi connectivity index (χ1n) is 17.1. The molecule has 0 radical (unpaired) electrons. The summed E-state index contributed by atoms with van der Waals surface area (Å²) in [5.74, 6) is 2.14. The second-order valence-electron chi connectivity index (χ2n) is 15.9. The topological polar surface area (TPSA) is 18.5 Å². The molecule has 0 bridgehead atoms. The van der Waals surface area contributed by atoms with Crippen LogP contribution in [0.3, 0.4) is 0 Å². The van der Waals surface area contributed by atoms with Crippen molar-refractivity contribution in [3.05, 3.63) is 12.2 Å². The smallest absolute Gasteiger partial charge is 0.192 e. The highest BCUT2D eigenvalue weighted by molar-refractivity contribution is 6.74. The Hall–Kier alpha value is 0.0938. The summed E-state index contributed by atoms with van der Waals surface area (Å²) in [6.45, 7) is 26.5. The molecule has 0 aliphatic heterocycles. The number of hydrogen-bond acceptors (Lipinski definition) is 2. The molecule has 1 saturated carbocycles. The first kappa shape index (κ1) is 37.1. The van der Waals surface area contributed by atoms with Gasteiger partial charge in [0.15, 0.2) is 16.6 Å². The third kappa shape index (κ3) is 15.8. The summed E-state index contributed by atoms with van der Waals surface area (Å²) in [5, 5.41) is 0.467. The summed E-state index contributed by atoms with van der Waals surface area (Å²) in [4.78, 5) is 0. The van der Waals surface area contributed by atoms with Crippen molar-refractivity contribution in [2.75, 3.05) is 6.61 Å². The molecule has 0 saturated heterocycles. The molecule has 0 amide bonds. The first-order valence-corrected chi connectivity index (χ1v) is 22.9. The van der Waals surface area contributed by atoms with Crippen LogP contribution in [-0.4, -0.2) is 29.3 Å². The van der Waals surface area contributed by atoms with Crippen molar-refractivity contribution in [1.29, 1.82) is 0 Å². The van der Waals surface area contributed by atoms with Gasteiger partial charge >= 0.3 is 0 Å². The number of rotatable bonds is 22. The van der Waals surface area contributed by atoms with Gasteiger partial charge in [-0.05, 0) is 80.2 Å². The van der Waals surface area contributed by atoms with E-state index in [1.807, 2.05) is 0 Å². The van der Waals surface area contributed by atoms with Crippen LogP contribution in [0.15, 0.2) is 12.2 Å². The van der Waals surface area contributed by atoms with E-state index in [2.05, 4.69) is 86.8 Å². The zero-order chi connectivity index (χ0) is 29.6. The number of unbranched alkanes of at least 4 members (excludes halogenated alkanes) is 9. The van der Waals surface area contributed by atoms with Gasteiger partial charge in [0.25, 0.3) is 0 Å². The standard InChI is InChI=1S/C35H72O2Si2/c1-12-13-14-15-16-17-20-23-26-31-29-32(31)27-24-21-18-19-22-25-28-33(37-39(10,11)35(5,6)7)30-36-38(8,9)34(2,3)4/h19,22,31-33H,12-18,20-21,23-30H2,1-11H3/b22-19-/t31-,32+,33+/m0/s1. The fourth-order valence-electron chi connectivity index (χ4n) is 5.03. The van der Waals surface area contributed by atoms with Gasteiger partial charge in [-0.25, -0.2) is 0 Å². The maximum absolute atomic E-state index is 6.86. The molecule has 1 fully saturated rings. The van der Waals surface area contributed by atoms with Gasteiger partial charge < -0.3 is 8.85 Å². The lowest BCUT2D eigenvalue weighted by atomic mass is 10.0. The minimum absolute atomic E-state index is 0.206. The van der Waals surface area contributed by atoms with E-state index in [0.717, 1.165) is 31.3 Å². The minimum Gasteiger partial charge on any atom is -0.414 e. The molecular weight excluding hydrogens is 509 g/mol. The van der Waals surface area contributed by atoms with E-state index in [9.17, 15) is 0 Å². The molecule has 2 nitrogen and oxygen atoms in total. The Labute approximate surface area is 249 Å². The lowest BCUT2D eigenvalue weighted by molar-refractivity contribution is 0.101. The van der Waals surface area contributed by atoms with E-state index in [1.165, 1.54) is 89.9 Å². The first-order chi connectivity index (χ1) is 18.1. The van der Waals surface area contributed by atoms with Gasteiger partial charge in [0, 0.05) is 0 Å². The van der Waals surface area contributed by atoms with E-state index >= 15 is 0 Å². The van der Waals surface area contributed by atoms with E-state index in [4.69, 9.17) is 8.85 Å². The van der Waals surface area contributed by atoms with Gasteiger partial charge in [0.2, 0.25) is 0 Å². The minimum atomic E-state index is -1.82.